The molecule has 0 heterocycles. The van der Waals surface area contributed by atoms with Gasteiger partial charge in [0.1, 0.15) is 0 Å². The van der Waals surface area contributed by atoms with Gasteiger partial charge in [0.2, 0.25) is 0 Å². The molecule has 17 heavy (non-hydrogen) atoms. The van der Waals surface area contributed by atoms with Crippen LogP contribution >= 0.6 is 15.9 Å². The molecule has 0 aliphatic carbocycles. The number of hydrogen-bond acceptors (Lipinski definition) is 3. The summed E-state index contributed by atoms with van der Waals surface area (Å²) in [6.45, 7) is 7.68. The zero-order chi connectivity index (χ0) is 13.1. The van der Waals surface area contributed by atoms with Crippen molar-refractivity contribution in [3.05, 3.63) is 38.3 Å². The lowest BCUT2D eigenvalue weighted by Gasteiger charge is -2.18. The number of benzene rings is 1. The molecule has 0 fully saturated rings. The van der Waals surface area contributed by atoms with Gasteiger partial charge in [-0.05, 0) is 17.5 Å². The van der Waals surface area contributed by atoms with Gasteiger partial charge in [0, 0.05) is 29.2 Å². The number of rotatable bonds is 4. The molecular formula is C12H17BrN2O2. The van der Waals surface area contributed by atoms with E-state index in [-0.39, 0.29) is 16.0 Å². The van der Waals surface area contributed by atoms with Crippen molar-refractivity contribution in [3.8, 4) is 0 Å². The van der Waals surface area contributed by atoms with Crippen LogP contribution in [-0.4, -0.2) is 11.5 Å². The summed E-state index contributed by atoms with van der Waals surface area (Å²) in [7, 11) is 0. The van der Waals surface area contributed by atoms with Gasteiger partial charge in [0.05, 0.1) is 4.92 Å². The summed E-state index contributed by atoms with van der Waals surface area (Å²) in [4.78, 5) is 10.5. The van der Waals surface area contributed by atoms with Gasteiger partial charge in [-0.3, -0.25) is 10.1 Å². The average molecular weight is 301 g/mol. The van der Waals surface area contributed by atoms with E-state index in [4.69, 9.17) is 0 Å². The van der Waals surface area contributed by atoms with Crippen LogP contribution in [0.1, 0.15) is 26.3 Å². The normalized spacial score (nSPS) is 11.5. The van der Waals surface area contributed by atoms with E-state index in [1.54, 1.807) is 12.1 Å². The molecule has 0 atom stereocenters. The van der Waals surface area contributed by atoms with Crippen molar-refractivity contribution in [2.45, 2.75) is 27.3 Å². The fraction of sp³-hybridized carbons (Fsp3) is 0.500. The third kappa shape index (κ3) is 4.83. The molecule has 0 saturated carbocycles. The van der Waals surface area contributed by atoms with E-state index in [1.807, 2.05) is 0 Å². The smallest absolute Gasteiger partial charge is 0.273 e. The topological polar surface area (TPSA) is 55.2 Å². The maximum Gasteiger partial charge on any atom is 0.273 e. The first-order valence-electron chi connectivity index (χ1n) is 5.43. The highest BCUT2D eigenvalue weighted by atomic mass is 79.9. The monoisotopic (exact) mass is 300 g/mol. The molecule has 0 aromatic heterocycles. The van der Waals surface area contributed by atoms with E-state index in [1.165, 1.54) is 6.07 Å². The van der Waals surface area contributed by atoms with E-state index in [9.17, 15) is 10.1 Å². The van der Waals surface area contributed by atoms with Crippen LogP contribution in [0.25, 0.3) is 0 Å². The van der Waals surface area contributed by atoms with E-state index in [0.29, 0.717) is 12.1 Å². The predicted octanol–water partition coefficient (Wildman–Crippen LogP) is 3.49. The second kappa shape index (κ2) is 5.60. The first-order chi connectivity index (χ1) is 7.79. The lowest BCUT2D eigenvalue weighted by molar-refractivity contribution is -0.385. The molecule has 1 aromatic rings. The highest BCUT2D eigenvalue weighted by molar-refractivity contribution is 9.10. The van der Waals surface area contributed by atoms with Crippen molar-refractivity contribution in [3.63, 3.8) is 0 Å². The standard InChI is InChI=1S/C12H17BrN2O2/c1-12(2,3)8-14-7-9-6-10(13)4-5-11(9)15(16)17/h4-6,14H,7-8H2,1-3H3. The summed E-state index contributed by atoms with van der Waals surface area (Å²) < 4.78 is 0.857. The molecular weight excluding hydrogens is 284 g/mol. The van der Waals surface area contributed by atoms with Crippen LogP contribution in [0.2, 0.25) is 0 Å². The summed E-state index contributed by atoms with van der Waals surface area (Å²) in [6, 6.07) is 5.00. The maximum atomic E-state index is 10.9. The number of hydrogen-bond donors (Lipinski definition) is 1. The van der Waals surface area contributed by atoms with Gasteiger partial charge in [0.15, 0.2) is 0 Å². The van der Waals surface area contributed by atoms with Gasteiger partial charge in [-0.15, -0.1) is 0 Å². The predicted molar refractivity (Wildman–Crippen MR) is 72.0 cm³/mol. The third-order valence-corrected chi connectivity index (χ3v) is 2.70. The van der Waals surface area contributed by atoms with Crippen LogP contribution in [0.3, 0.4) is 0 Å². The molecule has 0 bridgehead atoms. The van der Waals surface area contributed by atoms with Gasteiger partial charge in [-0.1, -0.05) is 36.7 Å². The molecule has 0 amide bonds. The SMILES string of the molecule is CC(C)(C)CNCc1cc(Br)ccc1[N+](=O)[O-]. The molecule has 0 aliphatic rings. The Bertz CT molecular complexity index is 413. The van der Waals surface area contributed by atoms with Crippen molar-refractivity contribution < 1.29 is 4.92 Å². The Hall–Kier alpha value is -0.940. The van der Waals surface area contributed by atoms with Crippen molar-refractivity contribution in [1.82, 2.24) is 5.32 Å². The summed E-state index contributed by atoms with van der Waals surface area (Å²) in [6.07, 6.45) is 0. The van der Waals surface area contributed by atoms with Crippen LogP contribution in [-0.2, 0) is 6.54 Å². The first kappa shape index (κ1) is 14.1. The zero-order valence-corrected chi connectivity index (χ0v) is 11.9. The number of nitro groups is 1. The average Bonchev–Trinajstić information content (AvgIpc) is 2.15. The third-order valence-electron chi connectivity index (χ3n) is 2.21. The number of halogens is 1. The van der Waals surface area contributed by atoms with Gasteiger partial charge >= 0.3 is 0 Å². The molecule has 1 N–H and O–H groups in total. The van der Waals surface area contributed by atoms with Crippen LogP contribution in [0.5, 0.6) is 0 Å². The Morgan fingerprint density at radius 2 is 2.06 bits per heavy atom. The molecule has 1 aromatic carbocycles. The Balaban J connectivity index is 2.75. The quantitative estimate of drug-likeness (QED) is 0.684. The maximum absolute atomic E-state index is 10.9. The van der Waals surface area contributed by atoms with E-state index < -0.39 is 0 Å². The second-order valence-corrected chi connectivity index (χ2v) is 6.11. The highest BCUT2D eigenvalue weighted by Crippen LogP contribution is 2.23. The Morgan fingerprint density at radius 3 is 2.59 bits per heavy atom. The zero-order valence-electron chi connectivity index (χ0n) is 10.3. The Labute approximate surface area is 110 Å². The molecule has 0 saturated heterocycles. The minimum Gasteiger partial charge on any atom is -0.312 e. The number of nitrogens with zero attached hydrogens (tertiary/aromatic N) is 1. The van der Waals surface area contributed by atoms with Gasteiger partial charge in [0.25, 0.3) is 5.69 Å². The van der Waals surface area contributed by atoms with E-state index in [0.717, 1.165) is 11.0 Å². The Kier molecular flexibility index (Phi) is 4.65. The molecule has 1 rings (SSSR count). The van der Waals surface area contributed by atoms with Gasteiger partial charge < -0.3 is 5.32 Å². The van der Waals surface area contributed by atoms with Gasteiger partial charge in [-0.2, -0.15) is 0 Å². The molecule has 5 heteroatoms. The van der Waals surface area contributed by atoms with Crippen molar-refractivity contribution in [2.24, 2.45) is 5.41 Å². The molecule has 0 unspecified atom stereocenters. The minimum atomic E-state index is -0.347. The molecule has 94 valence electrons. The van der Waals surface area contributed by atoms with Crippen LogP contribution in [0.15, 0.2) is 22.7 Å². The summed E-state index contributed by atoms with van der Waals surface area (Å²) in [5.74, 6) is 0. The fourth-order valence-corrected chi connectivity index (χ4v) is 1.85. The highest BCUT2D eigenvalue weighted by Gasteiger charge is 2.15. The lowest BCUT2D eigenvalue weighted by Crippen LogP contribution is -2.26. The lowest BCUT2D eigenvalue weighted by atomic mass is 9.97. The van der Waals surface area contributed by atoms with Crippen LogP contribution < -0.4 is 5.32 Å². The van der Waals surface area contributed by atoms with Crippen molar-refractivity contribution in [1.29, 1.82) is 0 Å². The van der Waals surface area contributed by atoms with Gasteiger partial charge in [-0.25, -0.2) is 0 Å². The fourth-order valence-electron chi connectivity index (χ4n) is 1.45. The number of nitro benzene ring substituents is 1. The molecule has 4 nitrogen and oxygen atoms in total. The number of nitrogens with one attached hydrogen (secondary N) is 1. The molecule has 0 spiro atoms. The minimum absolute atomic E-state index is 0.162. The van der Waals surface area contributed by atoms with E-state index in [2.05, 4.69) is 42.0 Å². The summed E-state index contributed by atoms with van der Waals surface area (Å²) >= 11 is 3.33. The van der Waals surface area contributed by atoms with Crippen molar-refractivity contribution >= 4 is 21.6 Å². The van der Waals surface area contributed by atoms with Crippen LogP contribution in [0, 0.1) is 15.5 Å². The van der Waals surface area contributed by atoms with Crippen molar-refractivity contribution in [2.75, 3.05) is 6.54 Å². The largest absolute Gasteiger partial charge is 0.312 e. The van der Waals surface area contributed by atoms with Crippen LogP contribution in [0.4, 0.5) is 5.69 Å². The second-order valence-electron chi connectivity index (χ2n) is 5.19. The summed E-state index contributed by atoms with van der Waals surface area (Å²) in [5.41, 5.74) is 1.03. The molecule has 0 aliphatic heterocycles. The van der Waals surface area contributed by atoms with E-state index >= 15 is 0 Å². The molecule has 0 radical (unpaired) electrons. The summed E-state index contributed by atoms with van der Waals surface area (Å²) in [5, 5.41) is 14.1. The Morgan fingerprint density at radius 1 is 1.41 bits per heavy atom. The first-order valence-corrected chi connectivity index (χ1v) is 6.22.